The van der Waals surface area contributed by atoms with Crippen LogP contribution in [0.2, 0.25) is 5.02 Å². The maximum absolute atomic E-state index is 13.7. The maximum atomic E-state index is 13.7. The molecule has 1 aromatic heterocycles. The van der Waals surface area contributed by atoms with Crippen molar-refractivity contribution in [1.29, 1.82) is 0 Å². The van der Waals surface area contributed by atoms with Gasteiger partial charge in [-0.1, -0.05) is 61.2 Å². The topological polar surface area (TPSA) is 76.1 Å². The van der Waals surface area contributed by atoms with Crippen molar-refractivity contribution in [2.75, 3.05) is 7.05 Å². The van der Waals surface area contributed by atoms with Crippen LogP contribution in [0.1, 0.15) is 43.4 Å². The first-order valence-corrected chi connectivity index (χ1v) is 13.0. The molecule has 1 aliphatic carbocycles. The molecule has 2 aromatic carbocycles. The Morgan fingerprint density at radius 3 is 2.27 bits per heavy atom. The molecule has 0 unspecified atom stereocenters. The summed E-state index contributed by atoms with van der Waals surface area (Å²) < 4.78 is 26.2. The predicted molar refractivity (Wildman–Crippen MR) is 131 cm³/mol. The largest absolute Gasteiger partial charge is 0.298 e. The number of Topliss-reactive ketones (excluding diaryl/α,β-unsaturated/α-hetero) is 1. The van der Waals surface area contributed by atoms with E-state index in [4.69, 9.17) is 16.6 Å². The number of carbonyl (C=O) groups is 1. The Labute approximate surface area is 200 Å². The van der Waals surface area contributed by atoms with E-state index in [0.29, 0.717) is 16.4 Å². The van der Waals surface area contributed by atoms with E-state index < -0.39 is 15.4 Å². The van der Waals surface area contributed by atoms with Crippen molar-refractivity contribution in [3.63, 3.8) is 0 Å². The summed E-state index contributed by atoms with van der Waals surface area (Å²) in [7, 11) is -2.11. The van der Waals surface area contributed by atoms with Crippen molar-refractivity contribution in [3.8, 4) is 11.3 Å². The number of sulfonamides is 1. The van der Waals surface area contributed by atoms with Crippen molar-refractivity contribution < 1.29 is 13.2 Å². The van der Waals surface area contributed by atoms with Gasteiger partial charge in [0.1, 0.15) is 5.78 Å². The van der Waals surface area contributed by atoms with Crippen LogP contribution in [0.15, 0.2) is 71.6 Å². The van der Waals surface area contributed by atoms with Crippen LogP contribution in [0.4, 0.5) is 0 Å². The number of ketones is 1. The van der Waals surface area contributed by atoms with E-state index in [1.54, 1.807) is 24.3 Å². The third-order valence-electron chi connectivity index (χ3n) is 6.52. The fourth-order valence-corrected chi connectivity index (χ4v) is 5.50. The molecule has 1 aliphatic rings. The van der Waals surface area contributed by atoms with E-state index in [1.165, 1.54) is 7.05 Å². The van der Waals surface area contributed by atoms with Gasteiger partial charge in [-0.2, -0.15) is 0 Å². The number of rotatable bonds is 7. The molecular weight excluding hydrogens is 456 g/mol. The van der Waals surface area contributed by atoms with Gasteiger partial charge in [0.05, 0.1) is 16.0 Å². The number of carbonyl (C=O) groups excluding carboxylic acids is 1. The Bertz CT molecular complexity index is 1230. The lowest BCUT2D eigenvalue weighted by molar-refractivity contribution is -0.125. The smallest absolute Gasteiger partial charge is 0.240 e. The summed E-state index contributed by atoms with van der Waals surface area (Å²) in [6.07, 6.45) is 5.15. The standard InChI is InChI=1S/C26H27ClN2O3S/c1-28-33(31,32)23-14-8-19(9-15-23)24-7-5-6-22(29-24)18-25(30)26(16-3-2-4-17-26)20-10-12-21(27)13-11-20/h5-15,28H,2-4,16-18H2,1H3. The van der Waals surface area contributed by atoms with E-state index in [1.807, 2.05) is 42.5 Å². The number of nitrogens with one attached hydrogen (secondary N) is 1. The molecule has 1 fully saturated rings. The van der Waals surface area contributed by atoms with Gasteiger partial charge < -0.3 is 0 Å². The van der Waals surface area contributed by atoms with Crippen LogP contribution in [0.25, 0.3) is 11.3 Å². The molecule has 33 heavy (non-hydrogen) atoms. The maximum Gasteiger partial charge on any atom is 0.240 e. The number of aromatic nitrogens is 1. The van der Waals surface area contributed by atoms with E-state index in [0.717, 1.165) is 43.2 Å². The number of nitrogens with zero attached hydrogens (tertiary/aromatic N) is 1. The van der Waals surface area contributed by atoms with E-state index >= 15 is 0 Å². The minimum Gasteiger partial charge on any atom is -0.298 e. The molecule has 0 amide bonds. The Morgan fingerprint density at radius 1 is 0.970 bits per heavy atom. The van der Waals surface area contributed by atoms with Gasteiger partial charge in [-0.25, -0.2) is 13.1 Å². The highest BCUT2D eigenvalue weighted by Crippen LogP contribution is 2.41. The normalized spacial score (nSPS) is 15.8. The monoisotopic (exact) mass is 482 g/mol. The lowest BCUT2D eigenvalue weighted by Gasteiger charge is -2.36. The molecule has 0 bridgehead atoms. The number of hydrogen-bond acceptors (Lipinski definition) is 4. The van der Waals surface area contributed by atoms with E-state index in [9.17, 15) is 13.2 Å². The molecule has 3 aromatic rings. The summed E-state index contributed by atoms with van der Waals surface area (Å²) in [5.41, 5.74) is 2.75. The van der Waals surface area contributed by atoms with Crippen molar-refractivity contribution in [1.82, 2.24) is 9.71 Å². The van der Waals surface area contributed by atoms with Gasteiger partial charge >= 0.3 is 0 Å². The summed E-state index contributed by atoms with van der Waals surface area (Å²) in [5.74, 6) is 0.185. The van der Waals surface area contributed by atoms with Crippen LogP contribution < -0.4 is 4.72 Å². The average molecular weight is 483 g/mol. The second-order valence-electron chi connectivity index (χ2n) is 8.50. The van der Waals surface area contributed by atoms with Crippen LogP contribution in [-0.2, 0) is 26.7 Å². The minimum absolute atomic E-state index is 0.185. The fourth-order valence-electron chi connectivity index (χ4n) is 4.65. The molecule has 0 spiro atoms. The van der Waals surface area contributed by atoms with Gasteiger partial charge in [0.25, 0.3) is 0 Å². The molecule has 0 saturated heterocycles. The Hall–Kier alpha value is -2.54. The highest BCUT2D eigenvalue weighted by atomic mass is 35.5. The fraction of sp³-hybridized carbons (Fsp3) is 0.308. The van der Waals surface area contributed by atoms with Crippen molar-refractivity contribution in [3.05, 3.63) is 83.0 Å². The van der Waals surface area contributed by atoms with E-state index in [-0.39, 0.29) is 17.1 Å². The second kappa shape index (κ2) is 9.75. The third-order valence-corrected chi connectivity index (χ3v) is 8.20. The molecule has 0 radical (unpaired) electrons. The molecule has 172 valence electrons. The molecule has 5 nitrogen and oxygen atoms in total. The number of pyridine rings is 1. The first-order chi connectivity index (χ1) is 15.8. The van der Waals surface area contributed by atoms with Crippen LogP contribution in [0.5, 0.6) is 0 Å². The van der Waals surface area contributed by atoms with Gasteiger partial charge in [-0.3, -0.25) is 9.78 Å². The molecule has 1 N–H and O–H groups in total. The quantitative estimate of drug-likeness (QED) is 0.494. The van der Waals surface area contributed by atoms with E-state index in [2.05, 4.69) is 4.72 Å². The van der Waals surface area contributed by atoms with Crippen molar-refractivity contribution in [2.24, 2.45) is 0 Å². The summed E-state index contributed by atoms with van der Waals surface area (Å²) in [5, 5.41) is 0.667. The SMILES string of the molecule is CNS(=O)(=O)c1ccc(-c2cccc(CC(=O)C3(c4ccc(Cl)cc4)CCCCC3)n2)cc1. The molecule has 1 saturated carbocycles. The highest BCUT2D eigenvalue weighted by molar-refractivity contribution is 7.89. The van der Waals surface area contributed by atoms with Crippen LogP contribution in [0, 0.1) is 0 Å². The van der Waals surface area contributed by atoms with Crippen LogP contribution in [-0.4, -0.2) is 26.2 Å². The zero-order valence-electron chi connectivity index (χ0n) is 18.6. The Morgan fingerprint density at radius 2 is 1.64 bits per heavy atom. The third kappa shape index (κ3) is 5.03. The molecule has 0 atom stereocenters. The number of halogens is 1. The second-order valence-corrected chi connectivity index (χ2v) is 10.8. The summed E-state index contributed by atoms with van der Waals surface area (Å²) >= 11 is 6.09. The first kappa shape index (κ1) is 23.6. The van der Waals surface area contributed by atoms with Gasteiger partial charge in [0.2, 0.25) is 10.0 Å². The Kier molecular flexibility index (Phi) is 6.98. The lowest BCUT2D eigenvalue weighted by Crippen LogP contribution is -2.39. The van der Waals surface area contributed by atoms with Crippen molar-refractivity contribution >= 4 is 27.4 Å². The van der Waals surface area contributed by atoms with Gasteiger partial charge in [-0.05, 0) is 61.9 Å². The van der Waals surface area contributed by atoms with Crippen LogP contribution >= 0.6 is 11.6 Å². The van der Waals surface area contributed by atoms with Crippen LogP contribution in [0.3, 0.4) is 0 Å². The van der Waals surface area contributed by atoms with Gasteiger partial charge in [-0.15, -0.1) is 0 Å². The molecular formula is C26H27ClN2O3S. The number of benzene rings is 2. The molecule has 7 heteroatoms. The summed E-state index contributed by atoms with van der Waals surface area (Å²) in [4.78, 5) is 18.6. The van der Waals surface area contributed by atoms with Gasteiger partial charge in [0.15, 0.2) is 0 Å². The molecule has 1 heterocycles. The summed E-state index contributed by atoms with van der Waals surface area (Å²) in [6, 6.07) is 19.9. The zero-order chi connectivity index (χ0) is 23.5. The highest BCUT2D eigenvalue weighted by Gasteiger charge is 2.40. The van der Waals surface area contributed by atoms with Crippen molar-refractivity contribution in [2.45, 2.75) is 48.8 Å². The number of hydrogen-bond donors (Lipinski definition) is 1. The first-order valence-electron chi connectivity index (χ1n) is 11.1. The lowest BCUT2D eigenvalue weighted by atomic mass is 9.66. The molecule has 0 aliphatic heterocycles. The Balaban J connectivity index is 1.59. The predicted octanol–water partition coefficient (Wildman–Crippen LogP) is 5.32. The molecule has 4 rings (SSSR count). The summed E-state index contributed by atoms with van der Waals surface area (Å²) in [6.45, 7) is 0. The average Bonchev–Trinajstić information content (AvgIpc) is 2.85. The van der Waals surface area contributed by atoms with Gasteiger partial charge in [0, 0.05) is 22.7 Å². The zero-order valence-corrected chi connectivity index (χ0v) is 20.1. The minimum atomic E-state index is -3.49.